The number of ether oxygens (including phenoxy) is 2. The Bertz CT molecular complexity index is 886. The normalized spacial score (nSPS) is 13.8. The minimum absolute atomic E-state index is 0.0737. The Hall–Kier alpha value is -2.79. The van der Waals surface area contributed by atoms with Gasteiger partial charge in [-0.1, -0.05) is 26.0 Å². The maximum absolute atomic E-state index is 13.1. The van der Waals surface area contributed by atoms with Crippen LogP contribution < -0.4 is 26.4 Å². The maximum Gasteiger partial charge on any atom is 0.407 e. The van der Waals surface area contributed by atoms with Gasteiger partial charge in [-0.05, 0) is 57.2 Å². The third kappa shape index (κ3) is 11.8. The highest BCUT2D eigenvalue weighted by Gasteiger charge is 2.29. The van der Waals surface area contributed by atoms with Gasteiger partial charge in [-0.2, -0.15) is 12.6 Å². The average molecular weight is 525 g/mol. The van der Waals surface area contributed by atoms with Gasteiger partial charge in [-0.15, -0.1) is 0 Å². The topological polar surface area (TPSA) is 149 Å². The second-order valence-corrected chi connectivity index (χ2v) is 10.5. The quantitative estimate of drug-likeness (QED) is 0.246. The fourth-order valence-electron chi connectivity index (χ4n) is 3.21. The first kappa shape index (κ1) is 31.2. The van der Waals surface area contributed by atoms with E-state index in [1.807, 2.05) is 13.8 Å². The summed E-state index contributed by atoms with van der Waals surface area (Å²) in [5.74, 6) is -0.622. The smallest absolute Gasteiger partial charge is 0.407 e. The van der Waals surface area contributed by atoms with E-state index in [1.165, 1.54) is 0 Å². The van der Waals surface area contributed by atoms with E-state index in [-0.39, 0.29) is 31.2 Å². The molecule has 5 N–H and O–H groups in total. The van der Waals surface area contributed by atoms with E-state index in [9.17, 15) is 19.2 Å². The predicted octanol–water partition coefficient (Wildman–Crippen LogP) is 1.60. The first-order valence-corrected chi connectivity index (χ1v) is 12.4. The lowest BCUT2D eigenvalue weighted by molar-refractivity contribution is -0.131. The lowest BCUT2D eigenvalue weighted by atomic mass is 9.99. The van der Waals surface area contributed by atoms with Crippen molar-refractivity contribution in [3.05, 3.63) is 29.8 Å². The predicted molar refractivity (Wildman–Crippen MR) is 141 cm³/mol. The van der Waals surface area contributed by atoms with Gasteiger partial charge in [0.25, 0.3) is 0 Å². The largest absolute Gasteiger partial charge is 0.497 e. The lowest BCUT2D eigenvalue weighted by Crippen LogP contribution is -2.55. The van der Waals surface area contributed by atoms with E-state index < -0.39 is 40.8 Å². The van der Waals surface area contributed by atoms with Gasteiger partial charge in [0.15, 0.2) is 5.78 Å². The summed E-state index contributed by atoms with van der Waals surface area (Å²) in [5.41, 5.74) is 5.71. The molecule has 1 aromatic carbocycles. The van der Waals surface area contributed by atoms with Crippen molar-refractivity contribution >= 4 is 36.3 Å². The molecule has 1 rings (SSSR count). The van der Waals surface area contributed by atoms with Crippen molar-refractivity contribution in [2.45, 2.75) is 70.4 Å². The van der Waals surface area contributed by atoms with Crippen LogP contribution in [0.2, 0.25) is 0 Å². The molecule has 0 saturated heterocycles. The number of carbonyl (C=O) groups excluding carboxylic acids is 4. The van der Waals surface area contributed by atoms with E-state index in [0.717, 1.165) is 5.56 Å². The minimum Gasteiger partial charge on any atom is -0.497 e. The molecule has 1 unspecified atom stereocenters. The molecular weight excluding hydrogens is 484 g/mol. The Labute approximate surface area is 218 Å². The molecule has 1 aromatic rings. The van der Waals surface area contributed by atoms with Gasteiger partial charge < -0.3 is 31.2 Å². The van der Waals surface area contributed by atoms with Crippen LogP contribution in [0.15, 0.2) is 24.3 Å². The van der Waals surface area contributed by atoms with Crippen LogP contribution in [0.25, 0.3) is 0 Å². The molecule has 0 saturated carbocycles. The average Bonchev–Trinajstić information content (AvgIpc) is 2.80. The summed E-state index contributed by atoms with van der Waals surface area (Å²) in [6.45, 7) is 8.67. The standard InChI is InChI=1S/C25H40N4O6S/c1-15(2)11-19(29-23(32)21(36)14-27-24(33)35-25(3,4)5)22(31)28-18(20(30)13-26)12-16-7-9-17(34-6)10-8-16/h7-10,15,18-19,21,36H,11-14,26H2,1-6H3,(H,27,33)(H,28,31)(H,29,32)/t18-,19-,21?/m0/s1. The van der Waals surface area contributed by atoms with E-state index in [4.69, 9.17) is 15.2 Å². The number of benzene rings is 1. The summed E-state index contributed by atoms with van der Waals surface area (Å²) in [6, 6.07) is 5.37. The van der Waals surface area contributed by atoms with Gasteiger partial charge in [0.1, 0.15) is 17.4 Å². The van der Waals surface area contributed by atoms with Crippen molar-refractivity contribution in [2.24, 2.45) is 11.7 Å². The summed E-state index contributed by atoms with van der Waals surface area (Å²) < 4.78 is 10.3. The summed E-state index contributed by atoms with van der Waals surface area (Å²) in [6.07, 6.45) is -0.0975. The first-order chi connectivity index (χ1) is 16.7. The number of nitrogens with two attached hydrogens (primary N) is 1. The molecule has 0 aliphatic rings. The number of ketones is 1. The van der Waals surface area contributed by atoms with Crippen LogP contribution in [0.1, 0.15) is 46.6 Å². The fraction of sp³-hybridized carbons (Fsp3) is 0.600. The molecule has 0 fully saturated rings. The Morgan fingerprint density at radius 1 is 1.00 bits per heavy atom. The van der Waals surface area contributed by atoms with E-state index in [0.29, 0.717) is 12.2 Å². The fourth-order valence-corrected chi connectivity index (χ4v) is 3.38. The molecule has 0 aliphatic carbocycles. The van der Waals surface area contributed by atoms with Crippen molar-refractivity contribution in [1.82, 2.24) is 16.0 Å². The van der Waals surface area contributed by atoms with Crippen LogP contribution in [0.4, 0.5) is 4.79 Å². The van der Waals surface area contributed by atoms with Crippen molar-refractivity contribution < 1.29 is 28.7 Å². The number of hydrogen-bond donors (Lipinski definition) is 5. The number of nitrogens with one attached hydrogen (secondary N) is 3. The van der Waals surface area contributed by atoms with Gasteiger partial charge in [-0.3, -0.25) is 14.4 Å². The van der Waals surface area contributed by atoms with Crippen LogP contribution in [0.3, 0.4) is 0 Å². The maximum atomic E-state index is 13.1. The van der Waals surface area contributed by atoms with Crippen LogP contribution in [-0.2, 0) is 25.5 Å². The zero-order valence-corrected chi connectivity index (χ0v) is 22.8. The molecule has 0 bridgehead atoms. The highest BCUT2D eigenvalue weighted by molar-refractivity contribution is 7.81. The molecule has 3 atom stereocenters. The molecule has 0 heterocycles. The van der Waals surface area contributed by atoms with Crippen molar-refractivity contribution in [1.29, 1.82) is 0 Å². The Morgan fingerprint density at radius 3 is 2.08 bits per heavy atom. The lowest BCUT2D eigenvalue weighted by Gasteiger charge is -2.25. The van der Waals surface area contributed by atoms with Crippen LogP contribution in [0, 0.1) is 5.92 Å². The zero-order valence-electron chi connectivity index (χ0n) is 21.9. The van der Waals surface area contributed by atoms with Crippen LogP contribution in [0.5, 0.6) is 5.75 Å². The summed E-state index contributed by atoms with van der Waals surface area (Å²) in [5, 5.41) is 6.99. The minimum atomic E-state index is -0.916. The molecule has 3 amide bonds. The van der Waals surface area contributed by atoms with Gasteiger partial charge in [-0.25, -0.2) is 4.79 Å². The molecule has 10 nitrogen and oxygen atoms in total. The second-order valence-electron chi connectivity index (χ2n) is 9.87. The van der Waals surface area contributed by atoms with Gasteiger partial charge in [0, 0.05) is 6.54 Å². The molecule has 0 aliphatic heterocycles. The number of amides is 3. The third-order valence-electron chi connectivity index (χ3n) is 4.99. The summed E-state index contributed by atoms with van der Waals surface area (Å²) in [4.78, 5) is 50.2. The summed E-state index contributed by atoms with van der Waals surface area (Å²) in [7, 11) is 1.56. The molecule has 0 aromatic heterocycles. The van der Waals surface area contributed by atoms with Crippen LogP contribution >= 0.6 is 12.6 Å². The van der Waals surface area contributed by atoms with Gasteiger partial charge in [0.2, 0.25) is 11.8 Å². The second kappa shape index (κ2) is 14.7. The monoisotopic (exact) mass is 524 g/mol. The zero-order chi connectivity index (χ0) is 27.5. The molecule has 11 heteroatoms. The number of hydrogen-bond acceptors (Lipinski definition) is 8. The number of alkyl carbamates (subject to hydrolysis) is 1. The highest BCUT2D eigenvalue weighted by atomic mass is 32.1. The Balaban J connectivity index is 2.85. The van der Waals surface area contributed by atoms with Gasteiger partial charge >= 0.3 is 6.09 Å². The van der Waals surface area contributed by atoms with Crippen molar-refractivity contribution in [2.75, 3.05) is 20.2 Å². The number of rotatable bonds is 13. The summed E-state index contributed by atoms with van der Waals surface area (Å²) >= 11 is 4.25. The van der Waals surface area contributed by atoms with E-state index >= 15 is 0 Å². The molecule has 0 radical (unpaired) electrons. The van der Waals surface area contributed by atoms with E-state index in [2.05, 4.69) is 28.6 Å². The molecule has 36 heavy (non-hydrogen) atoms. The molecular formula is C25H40N4O6S. The highest BCUT2D eigenvalue weighted by Crippen LogP contribution is 2.14. The Kier molecular flexibility index (Phi) is 12.8. The number of methoxy groups -OCH3 is 1. The van der Waals surface area contributed by atoms with Crippen molar-refractivity contribution in [3.63, 3.8) is 0 Å². The number of carbonyl (C=O) groups is 4. The number of thiol groups is 1. The van der Waals surface area contributed by atoms with Crippen LogP contribution in [-0.4, -0.2) is 66.8 Å². The van der Waals surface area contributed by atoms with Gasteiger partial charge in [0.05, 0.1) is 24.9 Å². The third-order valence-corrected chi connectivity index (χ3v) is 5.40. The SMILES string of the molecule is COc1ccc(C[C@H](NC(=O)[C@H](CC(C)C)NC(=O)C(S)CNC(=O)OC(C)(C)C)C(=O)CN)cc1. The van der Waals surface area contributed by atoms with Crippen molar-refractivity contribution in [3.8, 4) is 5.75 Å². The Morgan fingerprint density at radius 2 is 1.58 bits per heavy atom. The first-order valence-electron chi connectivity index (χ1n) is 11.9. The molecule has 0 spiro atoms. The molecule has 202 valence electrons. The number of Topliss-reactive ketones (excluding diaryl/α,β-unsaturated/α-hetero) is 1. The van der Waals surface area contributed by atoms with E-state index in [1.54, 1.807) is 52.1 Å².